The van der Waals surface area contributed by atoms with Gasteiger partial charge in [-0.05, 0) is 47.2 Å². The minimum atomic E-state index is 0.421. The third-order valence-corrected chi connectivity index (χ3v) is 3.65. The summed E-state index contributed by atoms with van der Waals surface area (Å²) >= 11 is 0. The Morgan fingerprint density at radius 3 is 2.43 bits per heavy atom. The monoisotopic (exact) mass is 279 g/mol. The summed E-state index contributed by atoms with van der Waals surface area (Å²) in [5, 5.41) is 8.86. The van der Waals surface area contributed by atoms with Crippen molar-refractivity contribution in [1.29, 1.82) is 5.26 Å². The van der Waals surface area contributed by atoms with E-state index in [9.17, 15) is 0 Å². The Kier molecular flexibility index (Phi) is 5.00. The summed E-state index contributed by atoms with van der Waals surface area (Å²) in [5.74, 6) is 1.40. The van der Waals surface area contributed by atoms with Crippen LogP contribution in [0.15, 0.2) is 42.5 Å². The van der Waals surface area contributed by atoms with Crippen molar-refractivity contribution in [2.75, 3.05) is 0 Å². The van der Waals surface area contributed by atoms with E-state index in [4.69, 9.17) is 10.00 Å². The van der Waals surface area contributed by atoms with Crippen LogP contribution in [0.5, 0.6) is 5.75 Å². The summed E-state index contributed by atoms with van der Waals surface area (Å²) in [6.07, 6.45) is 0.421. The standard InChI is InChI=1S/C19H21NO/c1-14(2)19-9-8-18(12-15(19)3)21-13-17-7-5-4-6-16(17)10-11-20/h4-9,12,14H,10,13H2,1-3H3. The van der Waals surface area contributed by atoms with Crippen molar-refractivity contribution in [3.05, 3.63) is 64.7 Å². The van der Waals surface area contributed by atoms with Gasteiger partial charge < -0.3 is 4.74 Å². The first kappa shape index (κ1) is 15.1. The maximum atomic E-state index is 8.86. The Bertz CT molecular complexity index is 653. The summed E-state index contributed by atoms with van der Waals surface area (Å²) in [6.45, 7) is 7.01. The highest BCUT2D eigenvalue weighted by molar-refractivity contribution is 5.37. The van der Waals surface area contributed by atoms with Gasteiger partial charge in [0.15, 0.2) is 0 Å². The lowest BCUT2D eigenvalue weighted by molar-refractivity contribution is 0.305. The van der Waals surface area contributed by atoms with Crippen molar-refractivity contribution in [3.8, 4) is 11.8 Å². The molecule has 2 nitrogen and oxygen atoms in total. The highest BCUT2D eigenvalue weighted by atomic mass is 16.5. The topological polar surface area (TPSA) is 33.0 Å². The van der Waals surface area contributed by atoms with Gasteiger partial charge >= 0.3 is 0 Å². The Morgan fingerprint density at radius 2 is 1.81 bits per heavy atom. The van der Waals surface area contributed by atoms with Crippen LogP contribution in [-0.2, 0) is 13.0 Å². The average molecular weight is 279 g/mol. The molecule has 108 valence electrons. The van der Waals surface area contributed by atoms with Crippen molar-refractivity contribution < 1.29 is 4.74 Å². The first-order chi connectivity index (χ1) is 10.1. The lowest BCUT2D eigenvalue weighted by atomic mass is 9.98. The fraction of sp³-hybridized carbons (Fsp3) is 0.316. The zero-order valence-electron chi connectivity index (χ0n) is 12.9. The van der Waals surface area contributed by atoms with E-state index < -0.39 is 0 Å². The van der Waals surface area contributed by atoms with E-state index in [1.54, 1.807) is 0 Å². The summed E-state index contributed by atoms with van der Waals surface area (Å²) in [6, 6.07) is 16.4. The fourth-order valence-electron chi connectivity index (χ4n) is 2.50. The molecule has 2 rings (SSSR count). The van der Waals surface area contributed by atoms with Crippen LogP contribution in [0.4, 0.5) is 0 Å². The van der Waals surface area contributed by atoms with E-state index in [2.05, 4.69) is 39.0 Å². The maximum Gasteiger partial charge on any atom is 0.120 e. The Labute approximate surface area is 127 Å². The van der Waals surface area contributed by atoms with Crippen molar-refractivity contribution in [2.45, 2.75) is 39.7 Å². The molecule has 2 aromatic carbocycles. The van der Waals surface area contributed by atoms with Crippen molar-refractivity contribution in [2.24, 2.45) is 0 Å². The minimum Gasteiger partial charge on any atom is -0.489 e. The summed E-state index contributed by atoms with van der Waals surface area (Å²) in [7, 11) is 0. The van der Waals surface area contributed by atoms with Crippen LogP contribution in [0.3, 0.4) is 0 Å². The Hall–Kier alpha value is -2.27. The van der Waals surface area contributed by atoms with Crippen LogP contribution in [0.1, 0.15) is 42.0 Å². The summed E-state index contributed by atoms with van der Waals surface area (Å²) in [5.41, 5.74) is 4.72. The van der Waals surface area contributed by atoms with Gasteiger partial charge in [-0.2, -0.15) is 5.26 Å². The zero-order chi connectivity index (χ0) is 15.2. The van der Waals surface area contributed by atoms with Crippen molar-refractivity contribution in [3.63, 3.8) is 0 Å². The molecule has 0 aromatic heterocycles. The highest BCUT2D eigenvalue weighted by Crippen LogP contribution is 2.24. The second-order valence-corrected chi connectivity index (χ2v) is 5.57. The molecule has 2 heteroatoms. The molecule has 0 aliphatic rings. The Morgan fingerprint density at radius 1 is 1.10 bits per heavy atom. The molecule has 0 atom stereocenters. The fourth-order valence-corrected chi connectivity index (χ4v) is 2.50. The van der Waals surface area contributed by atoms with Gasteiger partial charge in [0.05, 0.1) is 12.5 Å². The molecular formula is C19H21NO. The predicted octanol–water partition coefficient (Wildman–Crippen LogP) is 4.76. The number of ether oxygens (including phenoxy) is 1. The summed E-state index contributed by atoms with van der Waals surface area (Å²) in [4.78, 5) is 0. The molecule has 0 N–H and O–H groups in total. The molecule has 0 unspecified atom stereocenters. The van der Waals surface area contributed by atoms with Crippen LogP contribution in [-0.4, -0.2) is 0 Å². The van der Waals surface area contributed by atoms with Gasteiger partial charge in [0.1, 0.15) is 12.4 Å². The molecule has 0 bridgehead atoms. The van der Waals surface area contributed by atoms with E-state index >= 15 is 0 Å². The lowest BCUT2D eigenvalue weighted by Gasteiger charge is -2.13. The quantitative estimate of drug-likeness (QED) is 0.790. The molecule has 2 aromatic rings. The normalized spacial score (nSPS) is 10.4. The Balaban J connectivity index is 2.10. The molecule has 0 aliphatic carbocycles. The zero-order valence-corrected chi connectivity index (χ0v) is 12.9. The van der Waals surface area contributed by atoms with E-state index in [0.29, 0.717) is 18.9 Å². The number of nitrogens with zero attached hydrogens (tertiary/aromatic N) is 1. The molecule has 21 heavy (non-hydrogen) atoms. The van der Waals surface area contributed by atoms with E-state index in [1.807, 2.05) is 30.3 Å². The second kappa shape index (κ2) is 6.95. The van der Waals surface area contributed by atoms with Gasteiger partial charge in [0.2, 0.25) is 0 Å². The number of nitriles is 1. The first-order valence-corrected chi connectivity index (χ1v) is 7.29. The second-order valence-electron chi connectivity index (χ2n) is 5.57. The minimum absolute atomic E-state index is 0.421. The predicted molar refractivity (Wildman–Crippen MR) is 85.4 cm³/mol. The van der Waals surface area contributed by atoms with E-state index in [1.165, 1.54) is 11.1 Å². The van der Waals surface area contributed by atoms with Crippen LogP contribution >= 0.6 is 0 Å². The molecule has 0 heterocycles. The van der Waals surface area contributed by atoms with Crippen LogP contribution in [0, 0.1) is 18.3 Å². The van der Waals surface area contributed by atoms with Gasteiger partial charge in [0.25, 0.3) is 0 Å². The van der Waals surface area contributed by atoms with Crippen LogP contribution in [0.25, 0.3) is 0 Å². The highest BCUT2D eigenvalue weighted by Gasteiger charge is 2.06. The smallest absolute Gasteiger partial charge is 0.120 e. The van der Waals surface area contributed by atoms with Gasteiger partial charge in [-0.3, -0.25) is 0 Å². The first-order valence-electron chi connectivity index (χ1n) is 7.29. The molecule has 0 saturated heterocycles. The van der Waals surface area contributed by atoms with Gasteiger partial charge in [-0.1, -0.05) is 44.2 Å². The SMILES string of the molecule is Cc1cc(OCc2ccccc2CC#N)ccc1C(C)C. The molecule has 0 fully saturated rings. The van der Waals surface area contributed by atoms with Crippen molar-refractivity contribution >= 4 is 0 Å². The van der Waals surface area contributed by atoms with Gasteiger partial charge in [-0.25, -0.2) is 0 Å². The van der Waals surface area contributed by atoms with Crippen LogP contribution in [0.2, 0.25) is 0 Å². The number of hydrogen-bond donors (Lipinski definition) is 0. The third-order valence-electron chi connectivity index (χ3n) is 3.65. The molecule has 0 spiro atoms. The average Bonchev–Trinajstić information content (AvgIpc) is 2.46. The molecule has 0 saturated carbocycles. The molecule has 0 amide bonds. The largest absolute Gasteiger partial charge is 0.489 e. The third kappa shape index (κ3) is 3.86. The number of aryl methyl sites for hydroxylation is 1. The maximum absolute atomic E-state index is 8.86. The number of hydrogen-bond acceptors (Lipinski definition) is 2. The van der Waals surface area contributed by atoms with Crippen molar-refractivity contribution in [1.82, 2.24) is 0 Å². The van der Waals surface area contributed by atoms with Gasteiger partial charge in [-0.15, -0.1) is 0 Å². The molecule has 0 aliphatic heterocycles. The summed E-state index contributed by atoms with van der Waals surface area (Å²) < 4.78 is 5.89. The molecule has 0 radical (unpaired) electrons. The number of rotatable bonds is 5. The van der Waals surface area contributed by atoms with Gasteiger partial charge in [0, 0.05) is 0 Å². The van der Waals surface area contributed by atoms with Crippen LogP contribution < -0.4 is 4.74 Å². The number of benzene rings is 2. The lowest BCUT2D eigenvalue weighted by Crippen LogP contribution is -2.01. The van der Waals surface area contributed by atoms with E-state index in [0.717, 1.165) is 16.9 Å². The molecular weight excluding hydrogens is 258 g/mol. The van der Waals surface area contributed by atoms with E-state index in [-0.39, 0.29) is 0 Å².